The van der Waals surface area contributed by atoms with Crippen LogP contribution in [0.3, 0.4) is 0 Å². The van der Waals surface area contributed by atoms with Crippen molar-refractivity contribution in [2.24, 2.45) is 0 Å². The van der Waals surface area contributed by atoms with Crippen molar-refractivity contribution < 1.29 is 4.39 Å². The van der Waals surface area contributed by atoms with E-state index in [9.17, 15) is 4.39 Å². The van der Waals surface area contributed by atoms with Gasteiger partial charge in [-0.15, -0.1) is 23.6 Å². The summed E-state index contributed by atoms with van der Waals surface area (Å²) in [7, 11) is 0. The minimum Gasteiger partial charge on any atom is -0.313 e. The first-order valence-electron chi connectivity index (χ1n) is 6.28. The Morgan fingerprint density at radius 3 is 2.83 bits per heavy atom. The van der Waals surface area contributed by atoms with Crippen molar-refractivity contribution in [2.45, 2.75) is 37.6 Å². The molecule has 98 valence electrons. The lowest BCUT2D eigenvalue weighted by molar-refractivity contribution is 0.544. The van der Waals surface area contributed by atoms with Gasteiger partial charge in [0.2, 0.25) is 0 Å². The number of rotatable bonds is 7. The molecule has 0 amide bonds. The summed E-state index contributed by atoms with van der Waals surface area (Å²) in [5.74, 6) is 6.72. The van der Waals surface area contributed by atoms with Gasteiger partial charge in [0, 0.05) is 23.1 Å². The summed E-state index contributed by atoms with van der Waals surface area (Å²) < 4.78 is 13.5. The maximum atomic E-state index is 13.5. The van der Waals surface area contributed by atoms with E-state index in [0.717, 1.165) is 30.0 Å². The van der Waals surface area contributed by atoms with Gasteiger partial charge in [-0.3, -0.25) is 0 Å². The van der Waals surface area contributed by atoms with Crippen molar-refractivity contribution in [3.05, 3.63) is 30.1 Å². The Kier molecular flexibility index (Phi) is 7.55. The van der Waals surface area contributed by atoms with Crippen LogP contribution < -0.4 is 5.32 Å². The van der Waals surface area contributed by atoms with Gasteiger partial charge in [-0.1, -0.05) is 19.1 Å². The number of thioether (sulfide) groups is 1. The summed E-state index contributed by atoms with van der Waals surface area (Å²) in [6, 6.07) is 7.32. The van der Waals surface area contributed by atoms with Crippen LogP contribution in [-0.4, -0.2) is 18.3 Å². The molecule has 0 bridgehead atoms. The van der Waals surface area contributed by atoms with Crippen LogP contribution in [0.1, 0.15) is 26.7 Å². The van der Waals surface area contributed by atoms with E-state index < -0.39 is 0 Å². The average Bonchev–Trinajstić information content (AvgIpc) is 2.38. The summed E-state index contributed by atoms with van der Waals surface area (Å²) >= 11 is 1.57. The fourth-order valence-electron chi connectivity index (χ4n) is 1.66. The Morgan fingerprint density at radius 1 is 1.39 bits per heavy atom. The van der Waals surface area contributed by atoms with Crippen molar-refractivity contribution in [1.29, 1.82) is 0 Å². The van der Waals surface area contributed by atoms with Gasteiger partial charge in [-0.05, 0) is 32.0 Å². The lowest BCUT2D eigenvalue weighted by Gasteiger charge is -2.16. The zero-order valence-electron chi connectivity index (χ0n) is 11.0. The van der Waals surface area contributed by atoms with Gasteiger partial charge in [-0.25, -0.2) is 4.39 Å². The van der Waals surface area contributed by atoms with Gasteiger partial charge in [0.1, 0.15) is 5.82 Å². The van der Waals surface area contributed by atoms with E-state index in [1.165, 1.54) is 6.07 Å². The molecule has 0 radical (unpaired) electrons. The minimum atomic E-state index is -0.133. The normalized spacial score (nSPS) is 11.7. The molecule has 0 aliphatic heterocycles. The second kappa shape index (κ2) is 9.02. The highest BCUT2D eigenvalue weighted by Gasteiger charge is 2.09. The highest BCUT2D eigenvalue weighted by molar-refractivity contribution is 7.99. The molecule has 0 fully saturated rings. The van der Waals surface area contributed by atoms with Crippen LogP contribution in [0.25, 0.3) is 0 Å². The average molecular weight is 265 g/mol. The van der Waals surface area contributed by atoms with Gasteiger partial charge in [0.05, 0.1) is 0 Å². The molecule has 0 saturated heterocycles. The van der Waals surface area contributed by atoms with Crippen molar-refractivity contribution in [3.63, 3.8) is 0 Å². The zero-order chi connectivity index (χ0) is 13.2. The van der Waals surface area contributed by atoms with E-state index >= 15 is 0 Å². The molecule has 1 aromatic carbocycles. The largest absolute Gasteiger partial charge is 0.313 e. The summed E-state index contributed by atoms with van der Waals surface area (Å²) in [5.41, 5.74) is 0. The molecular weight excluding hydrogens is 245 g/mol. The summed E-state index contributed by atoms with van der Waals surface area (Å²) in [6.45, 7) is 4.88. The van der Waals surface area contributed by atoms with Gasteiger partial charge in [0.25, 0.3) is 0 Å². The van der Waals surface area contributed by atoms with Crippen molar-refractivity contribution in [3.8, 4) is 11.8 Å². The van der Waals surface area contributed by atoms with Crippen molar-refractivity contribution in [1.82, 2.24) is 5.32 Å². The van der Waals surface area contributed by atoms with Crippen LogP contribution in [-0.2, 0) is 0 Å². The van der Waals surface area contributed by atoms with E-state index in [0.29, 0.717) is 6.04 Å². The Labute approximate surface area is 114 Å². The third kappa shape index (κ3) is 5.57. The number of benzene rings is 1. The first-order chi connectivity index (χ1) is 8.77. The molecule has 0 saturated carbocycles. The van der Waals surface area contributed by atoms with E-state index in [1.54, 1.807) is 17.8 Å². The standard InChI is InChI=1S/C15H20FNS/c1-3-5-6-9-13(17-4-2)12-18-15-11-8-7-10-14(15)16/h7-8,10-11,13,17H,4,6,9,12H2,1-2H3. The molecule has 0 aromatic heterocycles. The van der Waals surface area contributed by atoms with Gasteiger partial charge >= 0.3 is 0 Å². The second-order valence-electron chi connectivity index (χ2n) is 3.96. The predicted molar refractivity (Wildman–Crippen MR) is 77.3 cm³/mol. The van der Waals surface area contributed by atoms with Gasteiger partial charge < -0.3 is 5.32 Å². The molecule has 1 aromatic rings. The lowest BCUT2D eigenvalue weighted by Crippen LogP contribution is -2.31. The molecule has 1 nitrogen and oxygen atoms in total. The van der Waals surface area contributed by atoms with Gasteiger partial charge in [0.15, 0.2) is 0 Å². The van der Waals surface area contributed by atoms with Crippen molar-refractivity contribution in [2.75, 3.05) is 12.3 Å². The highest BCUT2D eigenvalue weighted by Crippen LogP contribution is 2.22. The van der Waals surface area contributed by atoms with E-state index in [2.05, 4.69) is 24.1 Å². The maximum absolute atomic E-state index is 13.5. The molecule has 1 atom stereocenters. The molecule has 1 rings (SSSR count). The van der Waals surface area contributed by atoms with E-state index in [-0.39, 0.29) is 5.82 Å². The van der Waals surface area contributed by atoms with Crippen LogP contribution in [0.4, 0.5) is 4.39 Å². The van der Waals surface area contributed by atoms with Crippen LogP contribution >= 0.6 is 11.8 Å². The van der Waals surface area contributed by atoms with Crippen LogP contribution in [0.15, 0.2) is 29.2 Å². The molecule has 3 heteroatoms. The highest BCUT2D eigenvalue weighted by atomic mass is 32.2. The Bertz CT molecular complexity index is 408. The lowest BCUT2D eigenvalue weighted by atomic mass is 10.2. The smallest absolute Gasteiger partial charge is 0.136 e. The van der Waals surface area contributed by atoms with Crippen LogP contribution in [0.2, 0.25) is 0 Å². The Balaban J connectivity index is 2.45. The van der Waals surface area contributed by atoms with Crippen LogP contribution in [0, 0.1) is 17.7 Å². The number of nitrogens with one attached hydrogen (secondary N) is 1. The maximum Gasteiger partial charge on any atom is 0.136 e. The SMILES string of the molecule is CC#CCCC(CSc1ccccc1F)NCC. The van der Waals surface area contributed by atoms with Gasteiger partial charge in [-0.2, -0.15) is 0 Å². The Hall–Kier alpha value is -0.980. The van der Waals surface area contributed by atoms with Crippen molar-refractivity contribution >= 4 is 11.8 Å². The van der Waals surface area contributed by atoms with E-state index in [4.69, 9.17) is 0 Å². The molecule has 1 unspecified atom stereocenters. The monoisotopic (exact) mass is 265 g/mol. The molecule has 0 heterocycles. The molecule has 18 heavy (non-hydrogen) atoms. The third-order valence-corrected chi connectivity index (χ3v) is 3.78. The molecule has 0 spiro atoms. The molecule has 1 N–H and O–H groups in total. The van der Waals surface area contributed by atoms with Crippen LogP contribution in [0.5, 0.6) is 0 Å². The quantitative estimate of drug-likeness (QED) is 0.596. The first kappa shape index (κ1) is 15.1. The fraction of sp³-hybridized carbons (Fsp3) is 0.467. The second-order valence-corrected chi connectivity index (χ2v) is 5.02. The minimum absolute atomic E-state index is 0.133. The summed E-state index contributed by atoms with van der Waals surface area (Å²) in [4.78, 5) is 0.724. The number of hydrogen-bond acceptors (Lipinski definition) is 2. The summed E-state index contributed by atoms with van der Waals surface area (Å²) in [5, 5.41) is 3.42. The number of halogens is 1. The Morgan fingerprint density at radius 2 is 2.17 bits per heavy atom. The summed E-state index contributed by atoms with van der Waals surface area (Å²) in [6.07, 6.45) is 1.90. The molecular formula is C15H20FNS. The fourth-order valence-corrected chi connectivity index (χ4v) is 2.70. The predicted octanol–water partition coefficient (Wildman–Crippen LogP) is 3.70. The topological polar surface area (TPSA) is 12.0 Å². The van der Waals surface area contributed by atoms with E-state index in [1.807, 2.05) is 19.1 Å². The zero-order valence-corrected chi connectivity index (χ0v) is 11.8. The number of hydrogen-bond donors (Lipinski definition) is 1. The first-order valence-corrected chi connectivity index (χ1v) is 7.26. The molecule has 0 aliphatic carbocycles. The third-order valence-electron chi connectivity index (χ3n) is 2.56. The molecule has 0 aliphatic rings.